The smallest absolute Gasteiger partial charge is 0.230 e. The zero-order valence-corrected chi connectivity index (χ0v) is 16.0. The first kappa shape index (κ1) is 18.8. The number of amides is 1. The highest BCUT2D eigenvalue weighted by atomic mass is 19.1. The molecule has 0 bridgehead atoms. The van der Waals surface area contributed by atoms with Crippen LogP contribution in [0.1, 0.15) is 16.8 Å². The Kier molecular flexibility index (Phi) is 4.84. The SMILES string of the molecule is Cc1ccc2nc(-c3ccc(F)c(C)c3)c(CC(=O)Nc3ccc(F)cc3)n2c1. The number of nitrogens with zero attached hydrogens (tertiary/aromatic N) is 2. The van der Waals surface area contributed by atoms with E-state index in [2.05, 4.69) is 10.3 Å². The molecule has 2 heterocycles. The Morgan fingerprint density at radius 3 is 2.52 bits per heavy atom. The van der Waals surface area contributed by atoms with Crippen LogP contribution < -0.4 is 5.32 Å². The fourth-order valence-corrected chi connectivity index (χ4v) is 3.28. The van der Waals surface area contributed by atoms with E-state index < -0.39 is 0 Å². The quantitative estimate of drug-likeness (QED) is 0.527. The average molecular weight is 391 g/mol. The molecule has 0 spiro atoms. The normalized spacial score (nSPS) is 11.0. The Balaban J connectivity index is 1.74. The van der Waals surface area contributed by atoms with Gasteiger partial charge in [-0.15, -0.1) is 0 Å². The number of hydrogen-bond acceptors (Lipinski definition) is 2. The van der Waals surface area contributed by atoms with E-state index in [-0.39, 0.29) is 24.0 Å². The van der Waals surface area contributed by atoms with Gasteiger partial charge in [-0.3, -0.25) is 4.79 Å². The Labute approximate surface area is 166 Å². The summed E-state index contributed by atoms with van der Waals surface area (Å²) in [6.07, 6.45) is 1.98. The van der Waals surface area contributed by atoms with Crippen molar-refractivity contribution in [2.24, 2.45) is 0 Å². The molecule has 0 saturated heterocycles. The van der Waals surface area contributed by atoms with Gasteiger partial charge >= 0.3 is 0 Å². The number of nitrogens with one attached hydrogen (secondary N) is 1. The maximum absolute atomic E-state index is 13.7. The predicted octanol–water partition coefficient (Wildman–Crippen LogP) is 5.08. The van der Waals surface area contributed by atoms with Crippen molar-refractivity contribution in [3.8, 4) is 11.3 Å². The lowest BCUT2D eigenvalue weighted by atomic mass is 10.1. The summed E-state index contributed by atoms with van der Waals surface area (Å²) in [5.74, 6) is -0.904. The van der Waals surface area contributed by atoms with Gasteiger partial charge in [-0.1, -0.05) is 6.07 Å². The van der Waals surface area contributed by atoms with E-state index in [1.54, 1.807) is 19.1 Å². The number of carbonyl (C=O) groups excluding carboxylic acids is 1. The molecule has 0 saturated carbocycles. The zero-order valence-electron chi connectivity index (χ0n) is 16.0. The minimum Gasteiger partial charge on any atom is -0.326 e. The van der Waals surface area contributed by atoms with E-state index >= 15 is 0 Å². The van der Waals surface area contributed by atoms with Crippen molar-refractivity contribution in [2.45, 2.75) is 20.3 Å². The number of halogens is 2. The second-order valence-corrected chi connectivity index (χ2v) is 7.04. The molecule has 2 aromatic heterocycles. The predicted molar refractivity (Wildman–Crippen MR) is 109 cm³/mol. The molecule has 4 aromatic rings. The third-order valence-electron chi connectivity index (χ3n) is 4.75. The van der Waals surface area contributed by atoms with Gasteiger partial charge < -0.3 is 9.72 Å². The summed E-state index contributed by atoms with van der Waals surface area (Å²) < 4.78 is 28.7. The largest absolute Gasteiger partial charge is 0.326 e. The Morgan fingerprint density at radius 1 is 1.03 bits per heavy atom. The number of hydrogen-bond donors (Lipinski definition) is 1. The lowest BCUT2D eigenvalue weighted by Crippen LogP contribution is -2.16. The lowest BCUT2D eigenvalue weighted by molar-refractivity contribution is -0.115. The molecular formula is C23H19F2N3O. The highest BCUT2D eigenvalue weighted by molar-refractivity contribution is 5.93. The molecule has 1 amide bonds. The molecule has 0 fully saturated rings. The standard InChI is InChI=1S/C23H19F2N3O/c1-14-3-10-21-27-23(16-4-9-19(25)15(2)11-16)20(28(21)13-14)12-22(29)26-18-7-5-17(24)6-8-18/h3-11,13H,12H2,1-2H3,(H,26,29). The van der Waals surface area contributed by atoms with Crippen LogP contribution in [0.4, 0.5) is 14.5 Å². The summed E-state index contributed by atoms with van der Waals surface area (Å²) in [4.78, 5) is 17.4. The van der Waals surface area contributed by atoms with Gasteiger partial charge in [0.2, 0.25) is 5.91 Å². The molecule has 2 aromatic carbocycles. The fraction of sp³-hybridized carbons (Fsp3) is 0.130. The highest BCUT2D eigenvalue weighted by Crippen LogP contribution is 2.27. The van der Waals surface area contributed by atoms with Gasteiger partial charge in [0.15, 0.2) is 0 Å². The average Bonchev–Trinajstić information content (AvgIpc) is 3.03. The van der Waals surface area contributed by atoms with Gasteiger partial charge in [-0.05, 0) is 73.5 Å². The highest BCUT2D eigenvalue weighted by Gasteiger charge is 2.18. The van der Waals surface area contributed by atoms with E-state index in [0.717, 1.165) is 11.1 Å². The molecule has 0 aliphatic carbocycles. The Bertz CT molecular complexity index is 1210. The molecule has 0 aliphatic heterocycles. The van der Waals surface area contributed by atoms with E-state index in [0.29, 0.717) is 28.3 Å². The minimum atomic E-state index is -0.366. The molecule has 0 aliphatic rings. The van der Waals surface area contributed by atoms with Crippen molar-refractivity contribution in [1.82, 2.24) is 9.38 Å². The number of benzene rings is 2. The van der Waals surface area contributed by atoms with E-state index in [9.17, 15) is 13.6 Å². The molecule has 4 rings (SSSR count). The van der Waals surface area contributed by atoms with Crippen molar-refractivity contribution in [2.75, 3.05) is 5.32 Å². The minimum absolute atomic E-state index is 0.0632. The fourth-order valence-electron chi connectivity index (χ4n) is 3.28. The van der Waals surface area contributed by atoms with Crippen LogP contribution in [0.3, 0.4) is 0 Å². The molecule has 29 heavy (non-hydrogen) atoms. The van der Waals surface area contributed by atoms with Crippen molar-refractivity contribution < 1.29 is 13.6 Å². The van der Waals surface area contributed by atoms with E-state index in [1.807, 2.05) is 29.7 Å². The number of pyridine rings is 1. The molecule has 146 valence electrons. The maximum Gasteiger partial charge on any atom is 0.230 e. The van der Waals surface area contributed by atoms with Crippen LogP contribution in [-0.4, -0.2) is 15.3 Å². The summed E-state index contributed by atoms with van der Waals surface area (Å²) in [7, 11) is 0. The van der Waals surface area contributed by atoms with Gasteiger partial charge in [0.1, 0.15) is 17.3 Å². The van der Waals surface area contributed by atoms with Gasteiger partial charge in [0, 0.05) is 17.4 Å². The number of imidazole rings is 1. The monoisotopic (exact) mass is 391 g/mol. The second-order valence-electron chi connectivity index (χ2n) is 7.04. The van der Waals surface area contributed by atoms with Crippen molar-refractivity contribution in [1.29, 1.82) is 0 Å². The number of rotatable bonds is 4. The van der Waals surface area contributed by atoms with Crippen LogP contribution in [0.25, 0.3) is 16.9 Å². The number of anilines is 1. The molecule has 0 unspecified atom stereocenters. The first-order valence-corrected chi connectivity index (χ1v) is 9.20. The first-order valence-electron chi connectivity index (χ1n) is 9.20. The van der Waals surface area contributed by atoms with Crippen LogP contribution >= 0.6 is 0 Å². The third-order valence-corrected chi connectivity index (χ3v) is 4.75. The number of aryl methyl sites for hydroxylation is 2. The molecule has 0 atom stereocenters. The van der Waals surface area contributed by atoms with Gasteiger partial charge in [-0.25, -0.2) is 13.8 Å². The number of aromatic nitrogens is 2. The Hall–Kier alpha value is -3.54. The summed E-state index contributed by atoms with van der Waals surface area (Å²) in [6, 6.07) is 14.2. The second kappa shape index (κ2) is 7.47. The van der Waals surface area contributed by atoms with Crippen LogP contribution in [0.15, 0.2) is 60.8 Å². The molecule has 6 heteroatoms. The molecular weight excluding hydrogens is 372 g/mol. The number of carbonyl (C=O) groups is 1. The van der Waals surface area contributed by atoms with E-state index in [1.165, 1.54) is 30.3 Å². The van der Waals surface area contributed by atoms with Crippen LogP contribution in [0.5, 0.6) is 0 Å². The molecule has 0 radical (unpaired) electrons. The van der Waals surface area contributed by atoms with Crippen molar-refractivity contribution in [3.63, 3.8) is 0 Å². The summed E-state index contributed by atoms with van der Waals surface area (Å²) in [5, 5.41) is 2.78. The van der Waals surface area contributed by atoms with Crippen LogP contribution in [0.2, 0.25) is 0 Å². The molecule has 1 N–H and O–H groups in total. The summed E-state index contributed by atoms with van der Waals surface area (Å²) in [6.45, 7) is 3.66. The topological polar surface area (TPSA) is 46.4 Å². The van der Waals surface area contributed by atoms with Gasteiger partial charge in [0.05, 0.1) is 17.8 Å². The Morgan fingerprint density at radius 2 is 1.79 bits per heavy atom. The van der Waals surface area contributed by atoms with Gasteiger partial charge in [0.25, 0.3) is 0 Å². The molecule has 4 nitrogen and oxygen atoms in total. The van der Waals surface area contributed by atoms with Crippen molar-refractivity contribution in [3.05, 3.63) is 89.2 Å². The summed E-state index contributed by atoms with van der Waals surface area (Å²) in [5.41, 5.74) is 4.84. The third kappa shape index (κ3) is 3.87. The van der Waals surface area contributed by atoms with E-state index in [4.69, 9.17) is 0 Å². The van der Waals surface area contributed by atoms with Crippen LogP contribution in [-0.2, 0) is 11.2 Å². The first-order chi connectivity index (χ1) is 13.9. The van der Waals surface area contributed by atoms with Crippen molar-refractivity contribution >= 4 is 17.2 Å². The summed E-state index contributed by atoms with van der Waals surface area (Å²) >= 11 is 0. The maximum atomic E-state index is 13.7. The van der Waals surface area contributed by atoms with Gasteiger partial charge in [-0.2, -0.15) is 0 Å². The lowest BCUT2D eigenvalue weighted by Gasteiger charge is -2.08. The number of fused-ring (bicyclic) bond motifs is 1. The van der Waals surface area contributed by atoms with Crippen LogP contribution in [0, 0.1) is 25.5 Å². The zero-order chi connectivity index (χ0) is 20.5.